The number of aromatic nitrogens is 1. The average molecular weight is 312 g/mol. The zero-order valence-electron chi connectivity index (χ0n) is 12.7. The summed E-state index contributed by atoms with van der Waals surface area (Å²) in [7, 11) is 1.68. The molecule has 114 valence electrons. The summed E-state index contributed by atoms with van der Waals surface area (Å²) in [6.07, 6.45) is 11.8. The standard InChI is InChI=1S/C18H20N2OS/c1-21-15-11-9-14(10-12-15)6-2-3-8-17-20-16-7-4-5-13-19-18(16)22-17/h2-3,6,8-12,19H,4-5,7,13H2,1H3/b6-2+,8-3+. The monoisotopic (exact) mass is 312 g/mol. The first kappa shape index (κ1) is 14.9. The number of hydrogen-bond acceptors (Lipinski definition) is 4. The third kappa shape index (κ3) is 3.77. The van der Waals surface area contributed by atoms with E-state index in [0.717, 1.165) is 29.3 Å². The number of methoxy groups -OCH3 is 1. The third-order valence-corrected chi connectivity index (χ3v) is 4.61. The van der Waals surface area contributed by atoms with Gasteiger partial charge in [-0.05, 0) is 43.0 Å². The molecule has 1 aliphatic heterocycles. The van der Waals surface area contributed by atoms with Crippen LogP contribution < -0.4 is 10.1 Å². The number of aryl methyl sites for hydroxylation is 1. The quantitative estimate of drug-likeness (QED) is 0.836. The second kappa shape index (κ2) is 7.27. The Morgan fingerprint density at radius 1 is 1.14 bits per heavy atom. The molecule has 0 bridgehead atoms. The van der Waals surface area contributed by atoms with Gasteiger partial charge in [-0.3, -0.25) is 0 Å². The van der Waals surface area contributed by atoms with E-state index in [9.17, 15) is 0 Å². The van der Waals surface area contributed by atoms with E-state index >= 15 is 0 Å². The fourth-order valence-corrected chi connectivity index (χ4v) is 3.34. The summed E-state index contributed by atoms with van der Waals surface area (Å²) in [4.78, 5) is 4.70. The van der Waals surface area contributed by atoms with Crippen LogP contribution in [0.3, 0.4) is 0 Å². The van der Waals surface area contributed by atoms with Gasteiger partial charge in [0.1, 0.15) is 15.8 Å². The van der Waals surface area contributed by atoms with E-state index in [-0.39, 0.29) is 0 Å². The maximum absolute atomic E-state index is 5.15. The molecule has 3 rings (SSSR count). The minimum absolute atomic E-state index is 0.879. The van der Waals surface area contributed by atoms with E-state index in [0.29, 0.717) is 0 Å². The molecular weight excluding hydrogens is 292 g/mol. The zero-order valence-corrected chi connectivity index (χ0v) is 13.5. The van der Waals surface area contributed by atoms with Gasteiger partial charge in [0.2, 0.25) is 0 Å². The summed E-state index contributed by atoms with van der Waals surface area (Å²) < 4.78 is 5.15. The van der Waals surface area contributed by atoms with Crippen LogP contribution in [0.25, 0.3) is 12.2 Å². The van der Waals surface area contributed by atoms with Gasteiger partial charge in [0, 0.05) is 6.54 Å². The largest absolute Gasteiger partial charge is 0.497 e. The topological polar surface area (TPSA) is 34.1 Å². The third-order valence-electron chi connectivity index (χ3n) is 3.59. The normalized spacial score (nSPS) is 14.8. The Balaban J connectivity index is 1.62. The number of benzene rings is 1. The maximum Gasteiger partial charge on any atom is 0.118 e. The molecule has 0 spiro atoms. The maximum atomic E-state index is 5.15. The van der Waals surface area contributed by atoms with Gasteiger partial charge in [-0.1, -0.05) is 41.7 Å². The van der Waals surface area contributed by atoms with Gasteiger partial charge in [0.15, 0.2) is 0 Å². The Morgan fingerprint density at radius 3 is 2.77 bits per heavy atom. The molecule has 1 aliphatic rings. The second-order valence-corrected chi connectivity index (χ2v) is 6.23. The molecule has 0 aliphatic carbocycles. The molecule has 0 saturated heterocycles. The Morgan fingerprint density at radius 2 is 1.95 bits per heavy atom. The lowest BCUT2D eigenvalue weighted by molar-refractivity contribution is 0.415. The van der Waals surface area contributed by atoms with Crippen LogP contribution in [-0.4, -0.2) is 18.6 Å². The van der Waals surface area contributed by atoms with E-state index in [1.54, 1.807) is 18.4 Å². The summed E-state index contributed by atoms with van der Waals surface area (Å²) in [6.45, 7) is 1.07. The summed E-state index contributed by atoms with van der Waals surface area (Å²) in [5, 5.41) is 5.78. The molecule has 0 radical (unpaired) electrons. The van der Waals surface area contributed by atoms with Crippen molar-refractivity contribution in [3.8, 4) is 5.75 Å². The molecule has 1 aromatic carbocycles. The number of nitrogens with one attached hydrogen (secondary N) is 1. The van der Waals surface area contributed by atoms with Crippen LogP contribution in [0.15, 0.2) is 36.4 Å². The van der Waals surface area contributed by atoms with Crippen LogP contribution in [0, 0.1) is 0 Å². The van der Waals surface area contributed by atoms with Gasteiger partial charge in [0.25, 0.3) is 0 Å². The van der Waals surface area contributed by atoms with Crippen molar-refractivity contribution in [2.75, 3.05) is 19.0 Å². The molecule has 0 amide bonds. The number of hydrogen-bond donors (Lipinski definition) is 1. The van der Waals surface area contributed by atoms with Crippen LogP contribution in [0.1, 0.15) is 29.1 Å². The highest BCUT2D eigenvalue weighted by Gasteiger charge is 2.11. The molecule has 4 heteroatoms. The molecule has 0 fully saturated rings. The van der Waals surface area contributed by atoms with Crippen molar-refractivity contribution in [1.82, 2.24) is 4.98 Å². The lowest BCUT2D eigenvalue weighted by atomic mass is 10.2. The average Bonchev–Trinajstić information content (AvgIpc) is 2.81. The smallest absolute Gasteiger partial charge is 0.118 e. The highest BCUT2D eigenvalue weighted by Crippen LogP contribution is 2.28. The fourth-order valence-electron chi connectivity index (χ4n) is 2.39. The molecule has 0 unspecified atom stereocenters. The van der Waals surface area contributed by atoms with Crippen molar-refractivity contribution in [2.45, 2.75) is 19.3 Å². The van der Waals surface area contributed by atoms with E-state index in [4.69, 9.17) is 9.72 Å². The van der Waals surface area contributed by atoms with E-state index in [1.807, 2.05) is 36.4 Å². The van der Waals surface area contributed by atoms with E-state index in [1.165, 1.54) is 23.5 Å². The fraction of sp³-hybridized carbons (Fsp3) is 0.278. The molecule has 22 heavy (non-hydrogen) atoms. The molecular formula is C18H20N2OS. The minimum Gasteiger partial charge on any atom is -0.497 e. The van der Waals surface area contributed by atoms with Crippen molar-refractivity contribution in [2.24, 2.45) is 0 Å². The number of thiazole rings is 1. The van der Waals surface area contributed by atoms with Crippen molar-refractivity contribution in [1.29, 1.82) is 0 Å². The van der Waals surface area contributed by atoms with Crippen LogP contribution in [0.5, 0.6) is 5.75 Å². The number of anilines is 1. The Labute approximate surface area is 135 Å². The first-order chi connectivity index (χ1) is 10.8. The first-order valence-corrected chi connectivity index (χ1v) is 8.39. The molecule has 1 aromatic heterocycles. The van der Waals surface area contributed by atoms with E-state index < -0.39 is 0 Å². The lowest BCUT2D eigenvalue weighted by Gasteiger charge is -1.98. The van der Waals surface area contributed by atoms with Crippen LogP contribution >= 0.6 is 11.3 Å². The predicted octanol–water partition coefficient (Wildman–Crippen LogP) is 4.63. The summed E-state index contributed by atoms with van der Waals surface area (Å²) in [5.74, 6) is 0.879. The molecule has 0 atom stereocenters. The molecule has 0 saturated carbocycles. The molecule has 2 aromatic rings. The minimum atomic E-state index is 0.879. The number of allylic oxidation sites excluding steroid dienone is 2. The van der Waals surface area contributed by atoms with E-state index in [2.05, 4.69) is 17.5 Å². The number of fused-ring (bicyclic) bond motifs is 1. The number of ether oxygens (including phenoxy) is 1. The van der Waals surface area contributed by atoms with Crippen molar-refractivity contribution >= 4 is 28.5 Å². The van der Waals surface area contributed by atoms with Crippen LogP contribution in [0.4, 0.5) is 5.00 Å². The zero-order chi connectivity index (χ0) is 15.2. The number of nitrogens with zero attached hydrogens (tertiary/aromatic N) is 1. The van der Waals surface area contributed by atoms with Crippen molar-refractivity contribution in [3.05, 3.63) is 52.7 Å². The molecule has 2 heterocycles. The Bertz CT molecular complexity index is 647. The second-order valence-electron chi connectivity index (χ2n) is 5.20. The van der Waals surface area contributed by atoms with Gasteiger partial charge in [0.05, 0.1) is 12.8 Å². The highest BCUT2D eigenvalue weighted by molar-refractivity contribution is 7.16. The number of rotatable bonds is 4. The van der Waals surface area contributed by atoms with Gasteiger partial charge in [-0.25, -0.2) is 4.98 Å². The Kier molecular flexibility index (Phi) is 4.91. The lowest BCUT2D eigenvalue weighted by Crippen LogP contribution is -1.96. The van der Waals surface area contributed by atoms with Gasteiger partial charge < -0.3 is 10.1 Å². The van der Waals surface area contributed by atoms with Gasteiger partial charge in [-0.2, -0.15) is 0 Å². The van der Waals surface area contributed by atoms with Crippen LogP contribution in [0.2, 0.25) is 0 Å². The van der Waals surface area contributed by atoms with Crippen molar-refractivity contribution in [3.63, 3.8) is 0 Å². The van der Waals surface area contributed by atoms with Gasteiger partial charge >= 0.3 is 0 Å². The molecule has 1 N–H and O–H groups in total. The highest BCUT2D eigenvalue weighted by atomic mass is 32.1. The Hall–Kier alpha value is -2.07. The van der Waals surface area contributed by atoms with Crippen molar-refractivity contribution < 1.29 is 4.74 Å². The predicted molar refractivity (Wildman–Crippen MR) is 94.6 cm³/mol. The van der Waals surface area contributed by atoms with Crippen LogP contribution in [-0.2, 0) is 6.42 Å². The molecule has 3 nitrogen and oxygen atoms in total. The first-order valence-electron chi connectivity index (χ1n) is 7.57. The SMILES string of the molecule is COc1ccc(/C=C/C=C/c2nc3c(s2)NCCCC3)cc1. The summed E-state index contributed by atoms with van der Waals surface area (Å²) >= 11 is 1.74. The van der Waals surface area contributed by atoms with Gasteiger partial charge in [-0.15, -0.1) is 0 Å². The summed E-state index contributed by atoms with van der Waals surface area (Å²) in [5.41, 5.74) is 2.38. The summed E-state index contributed by atoms with van der Waals surface area (Å²) in [6, 6.07) is 8.01.